The van der Waals surface area contributed by atoms with E-state index in [1.54, 1.807) is 12.3 Å². The number of carbonyl (C=O) groups excluding carboxylic acids is 1. The third-order valence-electron chi connectivity index (χ3n) is 3.02. The summed E-state index contributed by atoms with van der Waals surface area (Å²) in [4.78, 5) is 18.1. The van der Waals surface area contributed by atoms with Crippen molar-refractivity contribution in [3.63, 3.8) is 0 Å². The molecule has 2 N–H and O–H groups in total. The molecule has 0 amide bonds. The van der Waals surface area contributed by atoms with Gasteiger partial charge in [0, 0.05) is 12.7 Å². The number of ketones is 1. The number of aromatic nitrogens is 1. The molecule has 5 heteroatoms. The van der Waals surface area contributed by atoms with Gasteiger partial charge >= 0.3 is 0 Å². The van der Waals surface area contributed by atoms with Crippen molar-refractivity contribution in [1.29, 1.82) is 0 Å². The highest BCUT2D eigenvalue weighted by atomic mass is 35.5. The molecule has 1 atom stereocenters. The number of nitrogens with zero attached hydrogens (tertiary/aromatic N) is 2. The van der Waals surface area contributed by atoms with Gasteiger partial charge in [0.1, 0.15) is 5.69 Å². The van der Waals surface area contributed by atoms with Crippen LogP contribution in [-0.2, 0) is 0 Å². The van der Waals surface area contributed by atoms with Crippen LogP contribution in [-0.4, -0.2) is 41.8 Å². The van der Waals surface area contributed by atoms with Crippen LogP contribution in [0.3, 0.4) is 0 Å². The lowest BCUT2D eigenvalue weighted by Gasteiger charge is -2.13. The highest BCUT2D eigenvalue weighted by Crippen LogP contribution is 2.14. The van der Waals surface area contributed by atoms with E-state index in [-0.39, 0.29) is 18.2 Å². The summed E-state index contributed by atoms with van der Waals surface area (Å²) in [6.07, 6.45) is 2.76. The average Bonchev–Trinajstić information content (AvgIpc) is 2.78. The lowest BCUT2D eigenvalue weighted by molar-refractivity contribution is 0.0938. The minimum atomic E-state index is 0. The first-order valence-corrected chi connectivity index (χ1v) is 5.66. The van der Waals surface area contributed by atoms with Crippen LogP contribution in [0.5, 0.6) is 0 Å². The van der Waals surface area contributed by atoms with Gasteiger partial charge in [-0.05, 0) is 37.6 Å². The van der Waals surface area contributed by atoms with Gasteiger partial charge in [-0.3, -0.25) is 14.7 Å². The van der Waals surface area contributed by atoms with Crippen LogP contribution in [0.1, 0.15) is 16.9 Å². The van der Waals surface area contributed by atoms with Crippen LogP contribution in [0.2, 0.25) is 0 Å². The number of hydrogen-bond acceptors (Lipinski definition) is 4. The van der Waals surface area contributed by atoms with Crippen molar-refractivity contribution in [3.8, 4) is 0 Å². The first-order valence-electron chi connectivity index (χ1n) is 5.66. The number of rotatable bonds is 4. The van der Waals surface area contributed by atoms with Crippen molar-refractivity contribution in [2.75, 3.05) is 26.2 Å². The fraction of sp³-hybridized carbons (Fsp3) is 0.500. The minimum absolute atomic E-state index is 0. The van der Waals surface area contributed by atoms with E-state index in [0.717, 1.165) is 19.5 Å². The van der Waals surface area contributed by atoms with E-state index in [1.807, 2.05) is 12.1 Å². The molecule has 1 aromatic heterocycles. The Kier molecular flexibility index (Phi) is 5.55. The second-order valence-electron chi connectivity index (χ2n) is 4.26. The Bertz CT molecular complexity index is 358. The molecule has 1 unspecified atom stereocenters. The van der Waals surface area contributed by atoms with Crippen molar-refractivity contribution in [3.05, 3.63) is 30.1 Å². The van der Waals surface area contributed by atoms with E-state index in [2.05, 4.69) is 9.88 Å². The lowest BCUT2D eigenvalue weighted by Crippen LogP contribution is -2.29. The average molecular weight is 256 g/mol. The number of hydrogen-bond donors (Lipinski definition) is 1. The third kappa shape index (κ3) is 3.77. The van der Waals surface area contributed by atoms with E-state index in [9.17, 15) is 4.79 Å². The van der Waals surface area contributed by atoms with Crippen LogP contribution >= 0.6 is 12.4 Å². The van der Waals surface area contributed by atoms with Gasteiger partial charge in [-0.15, -0.1) is 12.4 Å². The Labute approximate surface area is 108 Å². The van der Waals surface area contributed by atoms with Crippen molar-refractivity contribution in [2.24, 2.45) is 11.7 Å². The SMILES string of the molecule is Cl.NCC1CCN(CC(=O)c2ccccn2)C1. The molecule has 2 heterocycles. The second kappa shape index (κ2) is 6.69. The Hall–Kier alpha value is -0.970. The van der Waals surface area contributed by atoms with E-state index < -0.39 is 0 Å². The molecule has 0 aliphatic carbocycles. The summed E-state index contributed by atoms with van der Waals surface area (Å²) in [5.74, 6) is 0.648. The highest BCUT2D eigenvalue weighted by molar-refractivity contribution is 5.95. The van der Waals surface area contributed by atoms with Gasteiger partial charge in [-0.2, -0.15) is 0 Å². The van der Waals surface area contributed by atoms with Gasteiger partial charge in [-0.1, -0.05) is 6.07 Å². The summed E-state index contributed by atoms with van der Waals surface area (Å²) < 4.78 is 0. The van der Waals surface area contributed by atoms with Crippen molar-refractivity contribution in [2.45, 2.75) is 6.42 Å². The van der Waals surface area contributed by atoms with Crippen LogP contribution in [0.25, 0.3) is 0 Å². The normalized spacial score (nSPS) is 19.9. The van der Waals surface area contributed by atoms with E-state index in [0.29, 0.717) is 24.7 Å². The fourth-order valence-electron chi connectivity index (χ4n) is 2.06. The molecule has 2 rings (SSSR count). The van der Waals surface area contributed by atoms with Crippen molar-refractivity contribution in [1.82, 2.24) is 9.88 Å². The molecule has 1 fully saturated rings. The summed E-state index contributed by atoms with van der Waals surface area (Å²) in [6, 6.07) is 5.42. The van der Waals surface area contributed by atoms with Crippen molar-refractivity contribution < 1.29 is 4.79 Å². The standard InChI is InChI=1S/C12H17N3O.ClH/c13-7-10-4-6-15(8-10)9-12(16)11-3-1-2-5-14-11;/h1-3,5,10H,4,6-9,13H2;1H. The maximum atomic E-state index is 11.9. The topological polar surface area (TPSA) is 59.2 Å². The molecule has 1 aromatic rings. The van der Waals surface area contributed by atoms with E-state index in [1.165, 1.54) is 0 Å². The molecule has 17 heavy (non-hydrogen) atoms. The number of halogens is 1. The van der Waals surface area contributed by atoms with Crippen molar-refractivity contribution >= 4 is 18.2 Å². The smallest absolute Gasteiger partial charge is 0.195 e. The minimum Gasteiger partial charge on any atom is -0.330 e. The highest BCUT2D eigenvalue weighted by Gasteiger charge is 2.23. The second-order valence-corrected chi connectivity index (χ2v) is 4.26. The summed E-state index contributed by atoms with van der Waals surface area (Å²) in [5, 5.41) is 0. The summed E-state index contributed by atoms with van der Waals surface area (Å²) in [5.41, 5.74) is 6.17. The Morgan fingerprint density at radius 3 is 2.94 bits per heavy atom. The Morgan fingerprint density at radius 2 is 2.35 bits per heavy atom. The van der Waals surface area contributed by atoms with Gasteiger partial charge in [0.05, 0.1) is 6.54 Å². The molecule has 94 valence electrons. The maximum absolute atomic E-state index is 11.9. The summed E-state index contributed by atoms with van der Waals surface area (Å²) >= 11 is 0. The summed E-state index contributed by atoms with van der Waals surface area (Å²) in [6.45, 7) is 3.09. The van der Waals surface area contributed by atoms with Gasteiger partial charge in [0.15, 0.2) is 5.78 Å². The molecular weight excluding hydrogens is 238 g/mol. The molecular formula is C12H18ClN3O. The Balaban J connectivity index is 0.00000144. The number of nitrogens with two attached hydrogens (primary N) is 1. The van der Waals surface area contributed by atoms with Gasteiger partial charge in [0.2, 0.25) is 0 Å². The van der Waals surface area contributed by atoms with Crippen LogP contribution in [0, 0.1) is 5.92 Å². The molecule has 0 aromatic carbocycles. The number of likely N-dealkylation sites (tertiary alicyclic amines) is 1. The molecule has 0 radical (unpaired) electrons. The lowest BCUT2D eigenvalue weighted by atomic mass is 10.1. The first kappa shape index (κ1) is 14.1. The molecule has 4 nitrogen and oxygen atoms in total. The first-order chi connectivity index (χ1) is 7.79. The van der Waals surface area contributed by atoms with E-state index >= 15 is 0 Å². The maximum Gasteiger partial charge on any atom is 0.195 e. The number of Topliss-reactive ketones (excluding diaryl/α,β-unsaturated/α-hetero) is 1. The van der Waals surface area contributed by atoms with Crippen LogP contribution in [0.15, 0.2) is 24.4 Å². The van der Waals surface area contributed by atoms with Crippen LogP contribution in [0.4, 0.5) is 0 Å². The predicted molar refractivity (Wildman–Crippen MR) is 69.4 cm³/mol. The quantitative estimate of drug-likeness (QED) is 0.815. The zero-order valence-corrected chi connectivity index (χ0v) is 10.5. The predicted octanol–water partition coefficient (Wildman–Crippen LogP) is 0.967. The Morgan fingerprint density at radius 1 is 1.53 bits per heavy atom. The molecule has 1 saturated heterocycles. The number of pyridine rings is 1. The monoisotopic (exact) mass is 255 g/mol. The van der Waals surface area contributed by atoms with Crippen LogP contribution < -0.4 is 5.73 Å². The van der Waals surface area contributed by atoms with E-state index in [4.69, 9.17) is 5.73 Å². The third-order valence-corrected chi connectivity index (χ3v) is 3.02. The molecule has 0 bridgehead atoms. The van der Waals surface area contributed by atoms with Gasteiger partial charge < -0.3 is 5.73 Å². The molecule has 1 aliphatic rings. The largest absolute Gasteiger partial charge is 0.330 e. The number of carbonyl (C=O) groups is 1. The molecule has 0 spiro atoms. The molecule has 1 aliphatic heterocycles. The fourth-order valence-corrected chi connectivity index (χ4v) is 2.06. The molecule has 0 saturated carbocycles. The summed E-state index contributed by atoms with van der Waals surface area (Å²) in [7, 11) is 0. The zero-order chi connectivity index (χ0) is 11.4. The zero-order valence-electron chi connectivity index (χ0n) is 9.71. The van der Waals surface area contributed by atoms with Gasteiger partial charge in [-0.25, -0.2) is 0 Å². The van der Waals surface area contributed by atoms with Gasteiger partial charge in [0.25, 0.3) is 0 Å².